The van der Waals surface area contributed by atoms with Crippen molar-refractivity contribution >= 4 is 6.29 Å². The Labute approximate surface area is 99.4 Å². The van der Waals surface area contributed by atoms with Crippen LogP contribution in [0, 0.1) is 5.41 Å². The highest BCUT2D eigenvalue weighted by Gasteiger charge is 2.27. The van der Waals surface area contributed by atoms with E-state index in [1.165, 1.54) is 44.9 Å². The van der Waals surface area contributed by atoms with Gasteiger partial charge in [0.15, 0.2) is 0 Å². The van der Waals surface area contributed by atoms with Gasteiger partial charge in [-0.2, -0.15) is 0 Å². The molecule has 0 unspecified atom stereocenters. The van der Waals surface area contributed by atoms with E-state index in [1.54, 1.807) is 0 Å². The van der Waals surface area contributed by atoms with Gasteiger partial charge in [0.05, 0.1) is 6.61 Å². The van der Waals surface area contributed by atoms with E-state index >= 15 is 0 Å². The molecule has 0 heterocycles. The first-order valence-corrected chi connectivity index (χ1v) is 6.90. The van der Waals surface area contributed by atoms with Crippen molar-refractivity contribution in [3.05, 3.63) is 0 Å². The number of rotatable bonds is 2. The fourth-order valence-corrected chi connectivity index (χ4v) is 2.63. The topological polar surface area (TPSA) is 37.3 Å². The van der Waals surface area contributed by atoms with E-state index in [1.807, 2.05) is 0 Å². The molecule has 2 nitrogen and oxygen atoms in total. The Balaban J connectivity index is 2.44. The predicted octanol–water partition coefficient (Wildman–Crippen LogP) is 3.47. The van der Waals surface area contributed by atoms with Crippen LogP contribution >= 0.6 is 0 Å². The zero-order valence-electron chi connectivity index (χ0n) is 10.4. The van der Waals surface area contributed by atoms with E-state index in [9.17, 15) is 9.90 Å². The molecule has 0 aromatic carbocycles. The van der Waals surface area contributed by atoms with E-state index in [2.05, 4.69) is 0 Å². The van der Waals surface area contributed by atoms with Crippen molar-refractivity contribution in [1.29, 1.82) is 0 Å². The van der Waals surface area contributed by atoms with Gasteiger partial charge in [0.25, 0.3) is 0 Å². The van der Waals surface area contributed by atoms with Gasteiger partial charge in [-0.3, -0.25) is 0 Å². The molecule has 0 spiro atoms. The molecule has 0 aliphatic heterocycles. The summed E-state index contributed by atoms with van der Waals surface area (Å²) in [5.74, 6) is 0. The molecule has 16 heavy (non-hydrogen) atoms. The third-order valence-electron chi connectivity index (χ3n) is 3.91. The molecule has 0 saturated heterocycles. The lowest BCUT2D eigenvalue weighted by molar-refractivity contribution is -0.119. The van der Waals surface area contributed by atoms with Crippen LogP contribution in [0.15, 0.2) is 0 Å². The number of hydrogen-bond donors (Lipinski definition) is 1. The zero-order valence-corrected chi connectivity index (χ0v) is 10.4. The molecule has 1 aliphatic rings. The SMILES string of the molecule is O=CC1(CO)CCCCCCCCCCC1. The highest BCUT2D eigenvalue weighted by atomic mass is 16.3. The molecular formula is C14H26O2. The summed E-state index contributed by atoms with van der Waals surface area (Å²) in [6, 6.07) is 0. The van der Waals surface area contributed by atoms with Crippen LogP contribution in [-0.4, -0.2) is 18.0 Å². The second-order valence-corrected chi connectivity index (χ2v) is 5.32. The van der Waals surface area contributed by atoms with Gasteiger partial charge in [-0.1, -0.05) is 57.8 Å². The van der Waals surface area contributed by atoms with E-state index < -0.39 is 5.41 Å². The molecule has 1 aliphatic carbocycles. The number of hydrogen-bond acceptors (Lipinski definition) is 2. The van der Waals surface area contributed by atoms with Crippen LogP contribution in [0.5, 0.6) is 0 Å². The summed E-state index contributed by atoms with van der Waals surface area (Å²) >= 11 is 0. The van der Waals surface area contributed by atoms with Crippen molar-refractivity contribution in [2.75, 3.05) is 6.61 Å². The monoisotopic (exact) mass is 226 g/mol. The Morgan fingerprint density at radius 2 is 1.19 bits per heavy atom. The van der Waals surface area contributed by atoms with Crippen LogP contribution in [0.25, 0.3) is 0 Å². The summed E-state index contributed by atoms with van der Waals surface area (Å²) in [6.45, 7) is 0.0382. The summed E-state index contributed by atoms with van der Waals surface area (Å²) < 4.78 is 0. The Morgan fingerprint density at radius 3 is 1.50 bits per heavy atom. The predicted molar refractivity (Wildman–Crippen MR) is 66.4 cm³/mol. The summed E-state index contributed by atoms with van der Waals surface area (Å²) in [7, 11) is 0. The second-order valence-electron chi connectivity index (χ2n) is 5.32. The Bertz CT molecular complexity index is 177. The molecule has 0 atom stereocenters. The number of aliphatic hydroxyl groups excluding tert-OH is 1. The van der Waals surface area contributed by atoms with E-state index in [0.717, 1.165) is 32.0 Å². The van der Waals surface area contributed by atoms with Crippen molar-refractivity contribution in [2.24, 2.45) is 5.41 Å². The van der Waals surface area contributed by atoms with Gasteiger partial charge in [0.2, 0.25) is 0 Å². The molecule has 0 radical (unpaired) electrons. The van der Waals surface area contributed by atoms with Crippen LogP contribution in [0.1, 0.15) is 70.6 Å². The minimum atomic E-state index is -0.417. The third-order valence-corrected chi connectivity index (χ3v) is 3.91. The van der Waals surface area contributed by atoms with Crippen LogP contribution in [-0.2, 0) is 4.79 Å². The molecule has 0 aromatic heterocycles. The van der Waals surface area contributed by atoms with Gasteiger partial charge in [-0.15, -0.1) is 0 Å². The Hall–Kier alpha value is -0.370. The largest absolute Gasteiger partial charge is 0.395 e. The van der Waals surface area contributed by atoms with Crippen molar-refractivity contribution in [3.8, 4) is 0 Å². The highest BCUT2D eigenvalue weighted by molar-refractivity contribution is 5.59. The molecule has 1 rings (SSSR count). The smallest absolute Gasteiger partial charge is 0.128 e. The molecule has 1 saturated carbocycles. The standard InChI is InChI=1S/C14H26O2/c15-12-14(13-16)10-8-6-4-2-1-3-5-7-9-11-14/h12,16H,1-11,13H2. The van der Waals surface area contributed by atoms with E-state index in [0.29, 0.717) is 0 Å². The lowest BCUT2D eigenvalue weighted by Crippen LogP contribution is -2.27. The third kappa shape index (κ3) is 4.65. The number of carbonyl (C=O) groups excluding carboxylic acids is 1. The summed E-state index contributed by atoms with van der Waals surface area (Å²) in [4.78, 5) is 11.2. The highest BCUT2D eigenvalue weighted by Crippen LogP contribution is 2.30. The average Bonchev–Trinajstić information content (AvgIpc) is 2.31. The maximum atomic E-state index is 11.2. The molecular weight excluding hydrogens is 200 g/mol. The van der Waals surface area contributed by atoms with Gasteiger partial charge < -0.3 is 9.90 Å². The van der Waals surface area contributed by atoms with Gasteiger partial charge in [0.1, 0.15) is 6.29 Å². The first kappa shape index (κ1) is 13.7. The normalized spacial score (nSPS) is 24.1. The molecule has 94 valence electrons. The van der Waals surface area contributed by atoms with Crippen molar-refractivity contribution < 1.29 is 9.90 Å². The van der Waals surface area contributed by atoms with Crippen LogP contribution in [0.2, 0.25) is 0 Å². The second kappa shape index (κ2) is 7.83. The molecule has 0 aromatic rings. The fraction of sp³-hybridized carbons (Fsp3) is 0.929. The van der Waals surface area contributed by atoms with Gasteiger partial charge >= 0.3 is 0 Å². The molecule has 1 N–H and O–H groups in total. The maximum absolute atomic E-state index is 11.2. The maximum Gasteiger partial charge on any atom is 0.128 e. The molecule has 2 heteroatoms. The van der Waals surface area contributed by atoms with Crippen LogP contribution in [0.3, 0.4) is 0 Å². The average molecular weight is 226 g/mol. The summed E-state index contributed by atoms with van der Waals surface area (Å²) in [5, 5.41) is 9.42. The first-order chi connectivity index (χ1) is 7.83. The first-order valence-electron chi connectivity index (χ1n) is 6.90. The van der Waals surface area contributed by atoms with Crippen LogP contribution < -0.4 is 0 Å². The molecule has 0 amide bonds. The Morgan fingerprint density at radius 1 is 0.812 bits per heavy atom. The van der Waals surface area contributed by atoms with Crippen molar-refractivity contribution in [3.63, 3.8) is 0 Å². The van der Waals surface area contributed by atoms with Crippen LogP contribution in [0.4, 0.5) is 0 Å². The lowest BCUT2D eigenvalue weighted by Gasteiger charge is -2.26. The van der Waals surface area contributed by atoms with Gasteiger partial charge in [-0.25, -0.2) is 0 Å². The Kier molecular flexibility index (Phi) is 6.70. The van der Waals surface area contributed by atoms with Gasteiger partial charge in [0, 0.05) is 5.41 Å². The van der Waals surface area contributed by atoms with Gasteiger partial charge in [-0.05, 0) is 12.8 Å². The van der Waals surface area contributed by atoms with Crippen molar-refractivity contribution in [1.82, 2.24) is 0 Å². The quantitative estimate of drug-likeness (QED) is 0.732. The fourth-order valence-electron chi connectivity index (χ4n) is 2.63. The summed E-state index contributed by atoms with van der Waals surface area (Å²) in [6.07, 6.45) is 14.0. The van der Waals surface area contributed by atoms with E-state index in [-0.39, 0.29) is 6.61 Å². The number of aldehydes is 1. The number of carbonyl (C=O) groups is 1. The number of aliphatic hydroxyl groups is 1. The molecule has 0 bridgehead atoms. The van der Waals surface area contributed by atoms with E-state index in [4.69, 9.17) is 0 Å². The minimum Gasteiger partial charge on any atom is -0.395 e. The minimum absolute atomic E-state index is 0.0382. The van der Waals surface area contributed by atoms with Crippen molar-refractivity contribution in [2.45, 2.75) is 70.6 Å². The molecule has 1 fully saturated rings. The zero-order chi connectivity index (χ0) is 11.7. The lowest BCUT2D eigenvalue weighted by atomic mass is 9.79. The summed E-state index contributed by atoms with van der Waals surface area (Å²) in [5.41, 5.74) is -0.417.